The maximum atomic E-state index is 13.4. The van der Waals surface area contributed by atoms with Crippen LogP contribution in [0.25, 0.3) is 0 Å². The molecule has 0 saturated carbocycles. The van der Waals surface area contributed by atoms with Gasteiger partial charge in [0.25, 0.3) is 0 Å². The Labute approximate surface area is 211 Å². The number of carbonyl (C=O) groups is 2. The third-order valence-electron chi connectivity index (χ3n) is 4.90. The Balaban J connectivity index is 2.22. The average molecular weight is 512 g/mol. The number of rotatable bonds is 10. The first kappa shape index (κ1) is 27.4. The molecule has 8 heteroatoms. The van der Waals surface area contributed by atoms with Gasteiger partial charge in [-0.25, -0.2) is 0 Å². The molecule has 5 nitrogen and oxygen atoms in total. The fraction of sp³-hybridized carbons (Fsp3) is 0.440. The van der Waals surface area contributed by atoms with Crippen LogP contribution in [0, 0.1) is 0 Å². The van der Waals surface area contributed by atoms with Crippen molar-refractivity contribution >= 4 is 46.8 Å². The van der Waals surface area contributed by atoms with Crippen molar-refractivity contribution in [3.8, 4) is 5.75 Å². The predicted octanol–water partition coefficient (Wildman–Crippen LogP) is 5.96. The maximum absolute atomic E-state index is 13.4. The van der Waals surface area contributed by atoms with Gasteiger partial charge in [-0.05, 0) is 62.6 Å². The lowest BCUT2D eigenvalue weighted by atomic mass is 10.1. The third kappa shape index (κ3) is 8.43. The molecule has 2 aromatic carbocycles. The summed E-state index contributed by atoms with van der Waals surface area (Å²) in [5, 5.41) is 4.16. The highest BCUT2D eigenvalue weighted by Gasteiger charge is 2.30. The van der Waals surface area contributed by atoms with E-state index in [-0.39, 0.29) is 17.6 Å². The molecule has 1 atom stereocenters. The van der Waals surface area contributed by atoms with Gasteiger partial charge in [-0.3, -0.25) is 9.59 Å². The standard InChI is InChI=1S/C25H32Cl2N2O3S/c1-6-22(24(31)28-25(2,3)4)29(14-17-9-7-10-18(13-17)32-5)23(30)16-33-15-19-20(26)11-8-12-21(19)27/h7-13,22H,6,14-16H2,1-5H3,(H,28,31)/t22-/m0/s1. The lowest BCUT2D eigenvalue weighted by molar-refractivity contribution is -0.140. The number of halogens is 2. The highest BCUT2D eigenvalue weighted by atomic mass is 35.5. The SMILES string of the molecule is CC[C@@H](C(=O)NC(C)(C)C)N(Cc1cccc(OC)c1)C(=O)CSCc1c(Cl)cccc1Cl. The van der Waals surface area contributed by atoms with E-state index in [0.29, 0.717) is 34.5 Å². The van der Waals surface area contributed by atoms with Gasteiger partial charge in [0.1, 0.15) is 11.8 Å². The van der Waals surface area contributed by atoms with Gasteiger partial charge < -0.3 is 15.0 Å². The maximum Gasteiger partial charge on any atom is 0.243 e. The fourth-order valence-corrected chi connectivity index (χ4v) is 4.98. The van der Waals surface area contributed by atoms with E-state index < -0.39 is 11.6 Å². The first-order valence-electron chi connectivity index (χ1n) is 10.8. The zero-order valence-corrected chi connectivity index (χ0v) is 22.1. The van der Waals surface area contributed by atoms with E-state index in [1.165, 1.54) is 11.8 Å². The second-order valence-electron chi connectivity index (χ2n) is 8.73. The third-order valence-corrected chi connectivity index (χ3v) is 6.56. The number of carbonyl (C=O) groups excluding carboxylic acids is 2. The van der Waals surface area contributed by atoms with Crippen LogP contribution in [0.3, 0.4) is 0 Å². The number of methoxy groups -OCH3 is 1. The minimum absolute atomic E-state index is 0.123. The Morgan fingerprint density at radius 3 is 2.33 bits per heavy atom. The first-order chi connectivity index (χ1) is 15.6. The molecule has 2 amide bonds. The number of thioether (sulfide) groups is 1. The summed E-state index contributed by atoms with van der Waals surface area (Å²) < 4.78 is 5.32. The highest BCUT2D eigenvalue weighted by Crippen LogP contribution is 2.28. The molecule has 1 N–H and O–H groups in total. The first-order valence-corrected chi connectivity index (χ1v) is 12.7. The normalized spacial score (nSPS) is 12.2. The van der Waals surface area contributed by atoms with Crippen LogP contribution >= 0.6 is 35.0 Å². The van der Waals surface area contributed by atoms with E-state index in [2.05, 4.69) is 5.32 Å². The predicted molar refractivity (Wildman–Crippen MR) is 138 cm³/mol. The molecule has 0 unspecified atom stereocenters. The van der Waals surface area contributed by atoms with Crippen LogP contribution < -0.4 is 10.1 Å². The van der Waals surface area contributed by atoms with Gasteiger partial charge in [-0.15, -0.1) is 11.8 Å². The molecular formula is C25H32Cl2N2O3S. The number of amides is 2. The van der Waals surface area contributed by atoms with Gasteiger partial charge in [0.05, 0.1) is 12.9 Å². The van der Waals surface area contributed by atoms with Crippen LogP contribution in [-0.2, 0) is 21.9 Å². The quantitative estimate of drug-likeness (QED) is 0.428. The minimum atomic E-state index is -0.590. The smallest absolute Gasteiger partial charge is 0.243 e. The van der Waals surface area contributed by atoms with Crippen LogP contribution in [0.4, 0.5) is 0 Å². The second-order valence-corrected chi connectivity index (χ2v) is 10.5. The van der Waals surface area contributed by atoms with E-state index in [0.717, 1.165) is 11.1 Å². The van der Waals surface area contributed by atoms with Crippen LogP contribution in [-0.4, -0.2) is 41.2 Å². The van der Waals surface area contributed by atoms with Crippen molar-refractivity contribution in [2.45, 2.75) is 58.0 Å². The van der Waals surface area contributed by atoms with E-state index >= 15 is 0 Å². The largest absolute Gasteiger partial charge is 0.497 e. The molecule has 0 aliphatic carbocycles. The molecule has 2 rings (SSSR count). The number of nitrogens with one attached hydrogen (secondary N) is 1. The summed E-state index contributed by atoms with van der Waals surface area (Å²) in [6.45, 7) is 7.99. The number of benzene rings is 2. The Bertz CT molecular complexity index is 943. The summed E-state index contributed by atoms with van der Waals surface area (Å²) in [6, 6.07) is 12.3. The van der Waals surface area contributed by atoms with Gasteiger partial charge >= 0.3 is 0 Å². The van der Waals surface area contributed by atoms with Crippen molar-refractivity contribution < 1.29 is 14.3 Å². The monoisotopic (exact) mass is 510 g/mol. The summed E-state index contributed by atoms with van der Waals surface area (Å²) >= 11 is 13.9. The van der Waals surface area contributed by atoms with Gasteiger partial charge in [0.15, 0.2) is 0 Å². The molecule has 0 saturated heterocycles. The fourth-order valence-electron chi connectivity index (χ4n) is 3.33. The minimum Gasteiger partial charge on any atom is -0.497 e. The topological polar surface area (TPSA) is 58.6 Å². The van der Waals surface area contributed by atoms with Crippen molar-refractivity contribution in [1.29, 1.82) is 0 Å². The van der Waals surface area contributed by atoms with Crippen molar-refractivity contribution in [2.75, 3.05) is 12.9 Å². The van der Waals surface area contributed by atoms with Crippen LogP contribution in [0.2, 0.25) is 10.0 Å². The molecule has 0 aromatic heterocycles. The van der Waals surface area contributed by atoms with E-state index in [1.54, 1.807) is 30.2 Å². The second kappa shape index (κ2) is 12.5. The Morgan fingerprint density at radius 1 is 1.12 bits per heavy atom. The number of hydrogen-bond donors (Lipinski definition) is 1. The lowest BCUT2D eigenvalue weighted by Gasteiger charge is -2.33. The van der Waals surface area contributed by atoms with Gasteiger partial charge in [-0.2, -0.15) is 0 Å². The van der Waals surface area contributed by atoms with E-state index in [1.807, 2.05) is 52.0 Å². The highest BCUT2D eigenvalue weighted by molar-refractivity contribution is 7.99. The lowest BCUT2D eigenvalue weighted by Crippen LogP contribution is -2.53. The summed E-state index contributed by atoms with van der Waals surface area (Å²) in [5.41, 5.74) is 1.30. The molecule has 0 radical (unpaired) electrons. The Kier molecular flexibility index (Phi) is 10.4. The van der Waals surface area contributed by atoms with E-state index in [9.17, 15) is 9.59 Å². The molecular weight excluding hydrogens is 479 g/mol. The van der Waals surface area contributed by atoms with Crippen LogP contribution in [0.1, 0.15) is 45.2 Å². The number of hydrogen-bond acceptors (Lipinski definition) is 4. The molecule has 0 aliphatic heterocycles. The van der Waals surface area contributed by atoms with Crippen molar-refractivity contribution in [3.05, 3.63) is 63.6 Å². The molecule has 0 fully saturated rings. The zero-order chi connectivity index (χ0) is 24.6. The molecule has 0 heterocycles. The molecule has 0 aliphatic rings. The Morgan fingerprint density at radius 2 is 1.76 bits per heavy atom. The van der Waals surface area contributed by atoms with Gasteiger partial charge in [0.2, 0.25) is 11.8 Å². The zero-order valence-electron chi connectivity index (χ0n) is 19.8. The average Bonchev–Trinajstić information content (AvgIpc) is 2.74. The van der Waals surface area contributed by atoms with E-state index in [4.69, 9.17) is 27.9 Å². The molecule has 0 bridgehead atoms. The van der Waals surface area contributed by atoms with Crippen LogP contribution in [0.5, 0.6) is 5.75 Å². The van der Waals surface area contributed by atoms with Gasteiger partial charge in [-0.1, -0.05) is 48.3 Å². The molecule has 33 heavy (non-hydrogen) atoms. The van der Waals surface area contributed by atoms with Crippen molar-refractivity contribution in [1.82, 2.24) is 10.2 Å². The summed E-state index contributed by atoms with van der Waals surface area (Å²) in [6.07, 6.45) is 0.499. The summed E-state index contributed by atoms with van der Waals surface area (Å²) in [5.74, 6) is 1.12. The van der Waals surface area contributed by atoms with Crippen molar-refractivity contribution in [3.63, 3.8) is 0 Å². The molecule has 2 aromatic rings. The van der Waals surface area contributed by atoms with Crippen LogP contribution in [0.15, 0.2) is 42.5 Å². The van der Waals surface area contributed by atoms with Crippen molar-refractivity contribution in [2.24, 2.45) is 0 Å². The Hall–Kier alpha value is -1.89. The summed E-state index contributed by atoms with van der Waals surface area (Å²) in [4.78, 5) is 28.1. The number of ether oxygens (including phenoxy) is 1. The molecule has 180 valence electrons. The molecule has 0 spiro atoms. The van der Waals surface area contributed by atoms with Gasteiger partial charge in [0, 0.05) is 27.9 Å². The summed E-state index contributed by atoms with van der Waals surface area (Å²) in [7, 11) is 1.60. The number of nitrogens with zero attached hydrogens (tertiary/aromatic N) is 1.